The number of ether oxygens (including phenoxy) is 5. The summed E-state index contributed by atoms with van der Waals surface area (Å²) >= 11 is 0. The Bertz CT molecular complexity index is 1860. The fourth-order valence-electron chi connectivity index (χ4n) is 6.84. The minimum Gasteiger partial charge on any atom is -0.465 e. The number of nitrogens with two attached hydrogens (primary N) is 2. The Hall–Kier alpha value is -5.31. The minimum absolute atomic E-state index is 0.0760. The second-order valence-electron chi connectivity index (χ2n) is 13.3. The average molecular weight is 791 g/mol. The zero-order chi connectivity index (χ0) is 41.5. The lowest BCUT2D eigenvalue weighted by Gasteiger charge is -2.42. The number of anilines is 1. The Labute approximate surface area is 333 Å². The Balaban J connectivity index is 0.00000354. The average Bonchev–Trinajstić information content (AvgIpc) is 3.53. The van der Waals surface area contributed by atoms with Crippen molar-refractivity contribution in [2.24, 2.45) is 17.5 Å². The standard InChI is InChI=1S/C39H48N6O10.C2H6/c1-25-21-43(26(2)46)33-10-9-28(39(50)51-3)20-31(33)36(25)45(41)22-29(40)24-55-19-18-54-17-16-53-15-14-52-13-5-7-27-6-4-8-30-32(27)23-44(38(30)49)34-11-12-35(47)42-37(34)48;1-2/h4,6,8-10,20,22,25,34,36H,11-19,21,23-24,40-41H2,1-3H3,(H,42,47,48);1-2H3/b29-22-;/t25-,34?,36+;/m1./s1. The van der Waals surface area contributed by atoms with Crippen LogP contribution in [0.4, 0.5) is 5.69 Å². The second-order valence-corrected chi connectivity index (χ2v) is 13.3. The quantitative estimate of drug-likeness (QED) is 0.0559. The third-order valence-electron chi connectivity index (χ3n) is 9.45. The summed E-state index contributed by atoms with van der Waals surface area (Å²) < 4.78 is 27.2. The topological polar surface area (TPSA) is 205 Å². The van der Waals surface area contributed by atoms with E-state index in [9.17, 15) is 24.0 Å². The molecular weight excluding hydrogens is 736 g/mol. The normalized spacial score (nSPS) is 18.7. The monoisotopic (exact) mass is 790 g/mol. The molecule has 5 N–H and O–H groups in total. The molecule has 0 radical (unpaired) electrons. The fraction of sp³-hybridized carbons (Fsp3) is 0.488. The Morgan fingerprint density at radius 1 is 1.00 bits per heavy atom. The van der Waals surface area contributed by atoms with E-state index < -0.39 is 17.9 Å². The number of methoxy groups -OCH3 is 1. The Morgan fingerprint density at radius 3 is 2.35 bits per heavy atom. The number of fused-ring (bicyclic) bond motifs is 2. The molecular formula is C41H54N6O10. The predicted octanol–water partition coefficient (Wildman–Crippen LogP) is 2.40. The van der Waals surface area contributed by atoms with Gasteiger partial charge in [-0.2, -0.15) is 0 Å². The third kappa shape index (κ3) is 11.6. The second kappa shape index (κ2) is 21.8. The summed E-state index contributed by atoms with van der Waals surface area (Å²) in [5.74, 6) is 10.8. The number of amides is 4. The van der Waals surface area contributed by atoms with Crippen LogP contribution < -0.4 is 21.8 Å². The van der Waals surface area contributed by atoms with Crippen molar-refractivity contribution in [2.45, 2.75) is 59.2 Å². The van der Waals surface area contributed by atoms with Crippen LogP contribution in [0.3, 0.4) is 0 Å². The van der Waals surface area contributed by atoms with Gasteiger partial charge in [-0.15, -0.1) is 0 Å². The van der Waals surface area contributed by atoms with Crippen LogP contribution in [0.2, 0.25) is 0 Å². The van der Waals surface area contributed by atoms with Gasteiger partial charge in [-0.25, -0.2) is 10.6 Å². The first-order valence-electron chi connectivity index (χ1n) is 19.1. The van der Waals surface area contributed by atoms with Crippen LogP contribution in [0.15, 0.2) is 48.3 Å². The number of carbonyl (C=O) groups is 5. The van der Waals surface area contributed by atoms with Crippen LogP contribution >= 0.6 is 0 Å². The number of imide groups is 1. The molecule has 16 heteroatoms. The molecule has 0 bridgehead atoms. The van der Waals surface area contributed by atoms with E-state index in [0.717, 1.165) is 5.56 Å². The van der Waals surface area contributed by atoms with Gasteiger partial charge in [-0.3, -0.25) is 24.5 Å². The van der Waals surface area contributed by atoms with Gasteiger partial charge in [0.15, 0.2) is 0 Å². The van der Waals surface area contributed by atoms with Gasteiger partial charge in [0, 0.05) is 60.9 Å². The molecule has 0 aliphatic carbocycles. The summed E-state index contributed by atoms with van der Waals surface area (Å²) in [5.41, 5.74) is 10.3. The zero-order valence-electron chi connectivity index (χ0n) is 33.3. The maximum Gasteiger partial charge on any atom is 0.337 e. The molecule has 3 heterocycles. The molecule has 3 aliphatic rings. The molecule has 3 aliphatic heterocycles. The lowest BCUT2D eigenvalue weighted by Crippen LogP contribution is -2.52. The number of rotatable bonds is 16. The van der Waals surface area contributed by atoms with Crippen LogP contribution in [0, 0.1) is 17.8 Å². The van der Waals surface area contributed by atoms with E-state index in [1.807, 2.05) is 26.8 Å². The molecule has 16 nitrogen and oxygen atoms in total. The SMILES string of the molecule is CC.COC(=O)c1ccc2c(c1)[C@@H](N(N)/C=C(\N)COCCOCCOCCOCC#Cc1cccc3c1CN(C1CCC(=O)NC1=O)C3=O)[C@H](C)CN2C(C)=O. The molecule has 1 fully saturated rings. The molecule has 2 aromatic carbocycles. The lowest BCUT2D eigenvalue weighted by atomic mass is 9.86. The fourth-order valence-corrected chi connectivity index (χ4v) is 6.84. The molecule has 0 aromatic heterocycles. The van der Waals surface area contributed by atoms with Crippen molar-refractivity contribution in [3.05, 3.63) is 76.1 Å². The molecule has 5 rings (SSSR count). The molecule has 308 valence electrons. The molecule has 57 heavy (non-hydrogen) atoms. The molecule has 0 spiro atoms. The summed E-state index contributed by atoms with van der Waals surface area (Å²) in [6.45, 7) is 10.5. The van der Waals surface area contributed by atoms with Crippen molar-refractivity contribution >= 4 is 35.3 Å². The number of hydrogen-bond donors (Lipinski definition) is 3. The number of carbonyl (C=O) groups excluding carboxylic acids is 5. The van der Waals surface area contributed by atoms with Crippen molar-refractivity contribution in [1.29, 1.82) is 0 Å². The van der Waals surface area contributed by atoms with Gasteiger partial charge in [-0.1, -0.05) is 38.7 Å². The molecule has 3 atom stereocenters. The first-order chi connectivity index (χ1) is 27.5. The predicted molar refractivity (Wildman–Crippen MR) is 210 cm³/mol. The molecule has 1 saturated heterocycles. The number of esters is 1. The third-order valence-corrected chi connectivity index (χ3v) is 9.45. The number of nitrogens with zero attached hydrogens (tertiary/aromatic N) is 3. The molecule has 4 amide bonds. The summed E-state index contributed by atoms with van der Waals surface area (Å²) in [7, 11) is 1.31. The maximum absolute atomic E-state index is 13.0. The summed E-state index contributed by atoms with van der Waals surface area (Å²) in [4.78, 5) is 64.6. The Morgan fingerprint density at radius 2 is 1.68 bits per heavy atom. The van der Waals surface area contributed by atoms with Crippen LogP contribution in [-0.4, -0.2) is 112 Å². The van der Waals surface area contributed by atoms with Crippen LogP contribution in [0.5, 0.6) is 0 Å². The minimum atomic E-state index is -0.677. The largest absolute Gasteiger partial charge is 0.465 e. The van der Waals surface area contributed by atoms with Gasteiger partial charge >= 0.3 is 5.97 Å². The molecule has 0 saturated carbocycles. The van der Waals surface area contributed by atoms with E-state index in [4.69, 9.17) is 35.3 Å². The highest BCUT2D eigenvalue weighted by Crippen LogP contribution is 2.40. The highest BCUT2D eigenvalue weighted by Gasteiger charge is 2.40. The first-order valence-corrected chi connectivity index (χ1v) is 19.1. The van der Waals surface area contributed by atoms with Gasteiger partial charge in [0.2, 0.25) is 17.7 Å². The van der Waals surface area contributed by atoms with E-state index in [2.05, 4.69) is 17.2 Å². The molecule has 1 unspecified atom stereocenters. The van der Waals surface area contributed by atoms with Crippen LogP contribution in [-0.2, 0) is 44.6 Å². The maximum atomic E-state index is 13.0. The van der Waals surface area contributed by atoms with Crippen molar-refractivity contribution in [2.75, 3.05) is 71.4 Å². The van der Waals surface area contributed by atoms with E-state index >= 15 is 0 Å². The van der Waals surface area contributed by atoms with E-state index in [1.54, 1.807) is 41.4 Å². The van der Waals surface area contributed by atoms with Gasteiger partial charge in [0.05, 0.1) is 70.7 Å². The van der Waals surface area contributed by atoms with Gasteiger partial charge in [-0.05, 0) is 42.3 Å². The Kier molecular flexibility index (Phi) is 17.0. The van der Waals surface area contributed by atoms with Crippen molar-refractivity contribution in [1.82, 2.24) is 15.2 Å². The first kappa shape index (κ1) is 44.4. The van der Waals surface area contributed by atoms with Crippen molar-refractivity contribution < 1.29 is 47.7 Å². The van der Waals surface area contributed by atoms with Crippen molar-refractivity contribution in [3.8, 4) is 11.8 Å². The van der Waals surface area contributed by atoms with E-state index in [1.165, 1.54) is 23.9 Å². The zero-order valence-corrected chi connectivity index (χ0v) is 33.3. The number of hydrazine groups is 1. The van der Waals surface area contributed by atoms with Crippen LogP contribution in [0.25, 0.3) is 0 Å². The molecule has 2 aromatic rings. The van der Waals surface area contributed by atoms with Crippen LogP contribution in [0.1, 0.15) is 84.0 Å². The summed E-state index contributed by atoms with van der Waals surface area (Å²) in [5, 5.41) is 3.80. The summed E-state index contributed by atoms with van der Waals surface area (Å²) in [6.07, 6.45) is 2.09. The number of benzene rings is 2. The van der Waals surface area contributed by atoms with Gasteiger partial charge in [0.1, 0.15) is 12.6 Å². The number of piperidine rings is 1. The van der Waals surface area contributed by atoms with Crippen molar-refractivity contribution in [3.63, 3.8) is 0 Å². The lowest BCUT2D eigenvalue weighted by molar-refractivity contribution is -0.137. The number of nitrogens with one attached hydrogen (secondary N) is 1. The smallest absolute Gasteiger partial charge is 0.337 e. The van der Waals surface area contributed by atoms with Gasteiger partial charge in [0.25, 0.3) is 5.91 Å². The summed E-state index contributed by atoms with van der Waals surface area (Å²) in [6, 6.07) is 9.33. The number of hydrogen-bond acceptors (Lipinski definition) is 13. The van der Waals surface area contributed by atoms with E-state index in [-0.39, 0.29) is 55.9 Å². The highest BCUT2D eigenvalue weighted by atomic mass is 16.6. The van der Waals surface area contributed by atoms with E-state index in [0.29, 0.717) is 86.2 Å². The van der Waals surface area contributed by atoms with Gasteiger partial charge < -0.3 is 44.2 Å². The highest BCUT2D eigenvalue weighted by molar-refractivity contribution is 6.05.